The number of ether oxygens (including phenoxy) is 2. The summed E-state index contributed by atoms with van der Waals surface area (Å²) in [5, 5.41) is 8.11. The molecule has 4 aromatic rings. The van der Waals surface area contributed by atoms with Crippen LogP contribution in [0.4, 0.5) is 17.3 Å². The number of anilines is 3. The molecule has 0 radical (unpaired) electrons. The zero-order valence-corrected chi connectivity index (χ0v) is 25.0. The van der Waals surface area contributed by atoms with Crippen molar-refractivity contribution in [1.82, 2.24) is 23.8 Å². The van der Waals surface area contributed by atoms with Gasteiger partial charge in [-0.2, -0.15) is 4.31 Å². The Hall–Kier alpha value is -3.87. The van der Waals surface area contributed by atoms with Crippen molar-refractivity contribution in [2.24, 2.45) is 0 Å². The van der Waals surface area contributed by atoms with Crippen LogP contribution in [0.2, 0.25) is 0 Å². The molecular weight excluding hydrogens is 554 g/mol. The van der Waals surface area contributed by atoms with Crippen molar-refractivity contribution >= 4 is 32.9 Å². The van der Waals surface area contributed by atoms with Crippen molar-refractivity contribution in [3.63, 3.8) is 0 Å². The van der Waals surface area contributed by atoms with Crippen LogP contribution >= 0.6 is 0 Å². The number of hydrogen-bond acceptors (Lipinski definition) is 9. The summed E-state index contributed by atoms with van der Waals surface area (Å²) in [5.74, 6) is 1.95. The molecule has 2 saturated heterocycles. The van der Waals surface area contributed by atoms with Gasteiger partial charge in [-0.25, -0.2) is 17.9 Å². The molecule has 2 aromatic heterocycles. The third-order valence-electron chi connectivity index (χ3n) is 8.30. The van der Waals surface area contributed by atoms with Gasteiger partial charge in [0.05, 0.1) is 43.6 Å². The number of nitrogens with zero attached hydrogens (tertiary/aromatic N) is 6. The predicted octanol–water partition coefficient (Wildman–Crippen LogP) is 3.70. The Balaban J connectivity index is 1.13. The zero-order valence-electron chi connectivity index (χ0n) is 24.2. The number of piperazine rings is 1. The van der Waals surface area contributed by atoms with Crippen molar-refractivity contribution in [2.75, 3.05) is 70.0 Å². The van der Waals surface area contributed by atoms with Gasteiger partial charge in [0.1, 0.15) is 11.5 Å². The summed E-state index contributed by atoms with van der Waals surface area (Å²) < 4.78 is 38.5. The fraction of sp³-hybridized carbons (Fsp3) is 0.400. The van der Waals surface area contributed by atoms with Crippen LogP contribution in [0.15, 0.2) is 60.8 Å². The highest BCUT2D eigenvalue weighted by Crippen LogP contribution is 2.34. The molecule has 222 valence electrons. The molecule has 2 aliphatic heterocycles. The Morgan fingerprint density at radius 2 is 1.62 bits per heavy atom. The lowest BCUT2D eigenvalue weighted by atomic mass is 10.0. The van der Waals surface area contributed by atoms with Crippen molar-refractivity contribution in [1.29, 1.82) is 0 Å². The number of benzene rings is 2. The van der Waals surface area contributed by atoms with Crippen LogP contribution < -0.4 is 19.7 Å². The van der Waals surface area contributed by atoms with Gasteiger partial charge in [-0.1, -0.05) is 12.1 Å². The van der Waals surface area contributed by atoms with Gasteiger partial charge in [-0.3, -0.25) is 4.90 Å². The molecule has 0 aliphatic carbocycles. The van der Waals surface area contributed by atoms with Crippen molar-refractivity contribution in [3.05, 3.63) is 60.8 Å². The molecule has 42 heavy (non-hydrogen) atoms. The first-order valence-corrected chi connectivity index (χ1v) is 16.1. The number of piperidine rings is 1. The van der Waals surface area contributed by atoms with Crippen LogP contribution in [0.3, 0.4) is 0 Å². The summed E-state index contributed by atoms with van der Waals surface area (Å²) in [6, 6.07) is 18.5. The molecule has 2 fully saturated rings. The Morgan fingerprint density at radius 3 is 2.33 bits per heavy atom. The first-order valence-electron chi connectivity index (χ1n) is 14.2. The second kappa shape index (κ2) is 11.8. The molecule has 0 unspecified atom stereocenters. The van der Waals surface area contributed by atoms with E-state index in [1.807, 2.05) is 47.0 Å². The number of nitrogens with one attached hydrogen (secondary N) is 1. The first-order chi connectivity index (χ1) is 20.3. The number of para-hydroxylation sites is 1. The van der Waals surface area contributed by atoms with Gasteiger partial charge >= 0.3 is 0 Å². The largest absolute Gasteiger partial charge is 0.496 e. The summed E-state index contributed by atoms with van der Waals surface area (Å²) in [6.07, 6.45) is 5.17. The Labute approximate surface area is 246 Å². The van der Waals surface area contributed by atoms with Crippen LogP contribution in [-0.2, 0) is 10.0 Å². The van der Waals surface area contributed by atoms with Gasteiger partial charge in [0.25, 0.3) is 0 Å². The molecule has 1 N–H and O–H groups in total. The van der Waals surface area contributed by atoms with E-state index >= 15 is 0 Å². The van der Waals surface area contributed by atoms with E-state index < -0.39 is 10.0 Å². The zero-order chi connectivity index (χ0) is 29.3. The lowest BCUT2D eigenvalue weighted by Crippen LogP contribution is -2.54. The Bertz CT molecular complexity index is 1660. The van der Waals surface area contributed by atoms with Gasteiger partial charge in [-0.15, -0.1) is 5.10 Å². The maximum Gasteiger partial charge on any atom is 0.245 e. The van der Waals surface area contributed by atoms with E-state index in [9.17, 15) is 8.42 Å². The maximum absolute atomic E-state index is 11.9. The van der Waals surface area contributed by atoms with E-state index in [4.69, 9.17) is 14.6 Å². The van der Waals surface area contributed by atoms with E-state index in [0.717, 1.165) is 72.9 Å². The van der Waals surface area contributed by atoms with E-state index in [0.29, 0.717) is 30.8 Å². The average Bonchev–Trinajstić information content (AvgIpc) is 3.44. The third-order valence-corrected chi connectivity index (χ3v) is 9.60. The predicted molar refractivity (Wildman–Crippen MR) is 164 cm³/mol. The molecule has 2 aliphatic rings. The Morgan fingerprint density at radius 1 is 0.881 bits per heavy atom. The second-order valence-corrected chi connectivity index (χ2v) is 12.7. The van der Waals surface area contributed by atoms with Crippen LogP contribution in [0.5, 0.6) is 11.5 Å². The molecule has 0 saturated carbocycles. The van der Waals surface area contributed by atoms with Crippen molar-refractivity contribution in [3.8, 4) is 22.8 Å². The number of fused-ring (bicyclic) bond motifs is 1. The topological polar surface area (TPSA) is 105 Å². The van der Waals surface area contributed by atoms with Crippen LogP contribution in [0, 0.1) is 0 Å². The van der Waals surface area contributed by atoms with E-state index in [2.05, 4.69) is 32.2 Å². The van der Waals surface area contributed by atoms with Crippen LogP contribution in [0.25, 0.3) is 16.8 Å². The molecule has 12 heteroatoms. The molecule has 0 spiro atoms. The smallest absolute Gasteiger partial charge is 0.245 e. The van der Waals surface area contributed by atoms with E-state index in [-0.39, 0.29) is 0 Å². The van der Waals surface area contributed by atoms with Gasteiger partial charge in [0.2, 0.25) is 16.0 Å². The molecule has 0 atom stereocenters. The van der Waals surface area contributed by atoms with Gasteiger partial charge < -0.3 is 19.7 Å². The Kier molecular flexibility index (Phi) is 7.93. The fourth-order valence-electron chi connectivity index (χ4n) is 6.01. The number of aromatic nitrogens is 3. The second-order valence-electron chi connectivity index (χ2n) is 10.8. The minimum atomic E-state index is -3.11. The monoisotopic (exact) mass is 591 g/mol. The van der Waals surface area contributed by atoms with Crippen molar-refractivity contribution in [2.45, 2.75) is 18.9 Å². The first kappa shape index (κ1) is 28.3. The summed E-state index contributed by atoms with van der Waals surface area (Å²) >= 11 is 0. The SMILES string of the molecule is COc1cc(N2CCC(N3CCN(S(C)(=O)=O)CC3)CC2)ccc1Nc1ncc2ccc(-c3ccccc3OC)n2n1. The summed E-state index contributed by atoms with van der Waals surface area (Å²) in [6.45, 7) is 4.62. The highest BCUT2D eigenvalue weighted by Gasteiger charge is 2.30. The number of hydrogen-bond donors (Lipinski definition) is 1. The fourth-order valence-corrected chi connectivity index (χ4v) is 6.84. The molecular formula is C30H37N7O4S. The molecule has 4 heterocycles. The minimum Gasteiger partial charge on any atom is -0.496 e. The van der Waals surface area contributed by atoms with Gasteiger partial charge in [0, 0.05) is 62.6 Å². The lowest BCUT2D eigenvalue weighted by molar-refractivity contribution is 0.120. The molecule has 0 bridgehead atoms. The van der Waals surface area contributed by atoms with E-state index in [1.165, 1.54) is 6.26 Å². The maximum atomic E-state index is 11.9. The highest BCUT2D eigenvalue weighted by molar-refractivity contribution is 7.88. The standard InChI is InChI=1S/C30H37N7O4S/c1-40-28-7-5-4-6-25(28)27-11-9-24-21-31-30(33-37(24)27)32-26-10-8-23(20-29(26)41-2)34-14-12-22(13-15-34)35-16-18-36(19-17-35)42(3,38)39/h4-11,20-22H,12-19H2,1-3H3,(H,32,33). The molecule has 2 aromatic carbocycles. The van der Waals surface area contributed by atoms with Crippen molar-refractivity contribution < 1.29 is 17.9 Å². The highest BCUT2D eigenvalue weighted by atomic mass is 32.2. The summed E-state index contributed by atoms with van der Waals surface area (Å²) in [4.78, 5) is 9.37. The van der Waals surface area contributed by atoms with E-state index in [1.54, 1.807) is 24.7 Å². The molecule has 11 nitrogen and oxygen atoms in total. The number of rotatable bonds is 8. The van der Waals surface area contributed by atoms with Gasteiger partial charge in [0.15, 0.2) is 0 Å². The number of sulfonamides is 1. The summed E-state index contributed by atoms with van der Waals surface area (Å²) in [5.41, 5.74) is 4.63. The lowest BCUT2D eigenvalue weighted by Gasteiger charge is -2.42. The number of methoxy groups -OCH3 is 2. The summed E-state index contributed by atoms with van der Waals surface area (Å²) in [7, 11) is 0.225. The van der Waals surface area contributed by atoms with Crippen LogP contribution in [0.1, 0.15) is 12.8 Å². The quantitative estimate of drug-likeness (QED) is 0.328. The average molecular weight is 592 g/mol. The van der Waals surface area contributed by atoms with Crippen LogP contribution in [-0.4, -0.2) is 98.0 Å². The molecule has 0 amide bonds. The molecule has 6 rings (SSSR count). The van der Waals surface area contributed by atoms with Gasteiger partial charge in [-0.05, 0) is 49.2 Å². The third kappa shape index (κ3) is 5.74. The normalized spacial score (nSPS) is 17.5. The minimum absolute atomic E-state index is 0.456.